The number of Topliss-reactive ketones (excluding diaryl/α,β-unsaturated/α-hetero) is 1. The van der Waals surface area contributed by atoms with Crippen molar-refractivity contribution in [2.24, 2.45) is 0 Å². The molecule has 140 valence electrons. The lowest BCUT2D eigenvalue weighted by atomic mass is 10.1. The van der Waals surface area contributed by atoms with Gasteiger partial charge in [-0.15, -0.1) is 0 Å². The largest absolute Gasteiger partial charge is 0.322 e. The average molecular weight is 373 g/mol. The van der Waals surface area contributed by atoms with E-state index < -0.39 is 11.8 Å². The number of hydrogen-bond acceptors (Lipinski definition) is 4. The Morgan fingerprint density at radius 2 is 1.46 bits per heavy atom. The van der Waals surface area contributed by atoms with Gasteiger partial charge in [0, 0.05) is 28.7 Å². The Morgan fingerprint density at radius 3 is 2.18 bits per heavy atom. The zero-order valence-corrected chi connectivity index (χ0v) is 15.5. The van der Waals surface area contributed by atoms with Crippen LogP contribution in [0.2, 0.25) is 0 Å². The highest BCUT2D eigenvalue weighted by molar-refractivity contribution is 6.08. The van der Waals surface area contributed by atoms with E-state index in [9.17, 15) is 14.4 Å². The summed E-state index contributed by atoms with van der Waals surface area (Å²) >= 11 is 0. The maximum Gasteiger partial charge on any atom is 0.274 e. The van der Waals surface area contributed by atoms with Crippen molar-refractivity contribution in [3.8, 4) is 0 Å². The van der Waals surface area contributed by atoms with Crippen molar-refractivity contribution in [3.63, 3.8) is 0 Å². The summed E-state index contributed by atoms with van der Waals surface area (Å²) < 4.78 is 0. The lowest BCUT2D eigenvalue weighted by molar-refractivity contribution is 0.100. The van der Waals surface area contributed by atoms with Gasteiger partial charge in [0.25, 0.3) is 11.8 Å². The minimum Gasteiger partial charge on any atom is -0.322 e. The van der Waals surface area contributed by atoms with Crippen LogP contribution in [0.15, 0.2) is 66.9 Å². The molecule has 6 heteroatoms. The third-order valence-electron chi connectivity index (χ3n) is 4.06. The van der Waals surface area contributed by atoms with Crippen LogP contribution < -0.4 is 10.6 Å². The van der Waals surface area contributed by atoms with Crippen molar-refractivity contribution in [1.29, 1.82) is 0 Å². The number of ketones is 1. The Kier molecular flexibility index (Phi) is 5.60. The summed E-state index contributed by atoms with van der Waals surface area (Å²) in [4.78, 5) is 40.5. The van der Waals surface area contributed by atoms with Gasteiger partial charge in [-0.1, -0.05) is 24.3 Å². The molecule has 0 saturated heterocycles. The fourth-order valence-corrected chi connectivity index (χ4v) is 2.63. The number of hydrogen-bond donors (Lipinski definition) is 2. The van der Waals surface area contributed by atoms with Gasteiger partial charge in [-0.05, 0) is 55.8 Å². The van der Waals surface area contributed by atoms with Gasteiger partial charge in [0.1, 0.15) is 5.69 Å². The number of aromatic nitrogens is 1. The molecule has 2 amide bonds. The van der Waals surface area contributed by atoms with Crippen molar-refractivity contribution >= 4 is 29.0 Å². The third-order valence-corrected chi connectivity index (χ3v) is 4.06. The summed E-state index contributed by atoms with van der Waals surface area (Å²) in [5, 5.41) is 5.49. The predicted octanol–water partition coefficient (Wildman–Crippen LogP) is 4.10. The first kappa shape index (κ1) is 19.0. The first-order valence-corrected chi connectivity index (χ1v) is 8.69. The van der Waals surface area contributed by atoms with E-state index in [4.69, 9.17) is 0 Å². The van der Waals surface area contributed by atoms with Crippen LogP contribution in [0.4, 0.5) is 11.4 Å². The van der Waals surface area contributed by atoms with Crippen molar-refractivity contribution in [2.75, 3.05) is 10.6 Å². The molecule has 0 aliphatic rings. The van der Waals surface area contributed by atoms with Crippen LogP contribution >= 0.6 is 0 Å². The number of carbonyl (C=O) groups excluding carboxylic acids is 3. The molecular formula is C22H19N3O3. The summed E-state index contributed by atoms with van der Waals surface area (Å²) in [6.07, 6.45) is 1.41. The van der Waals surface area contributed by atoms with Crippen LogP contribution in [0.1, 0.15) is 43.7 Å². The van der Waals surface area contributed by atoms with E-state index in [-0.39, 0.29) is 17.0 Å². The zero-order chi connectivity index (χ0) is 20.1. The Hall–Kier alpha value is -3.80. The lowest BCUT2D eigenvalue weighted by Gasteiger charge is -2.08. The van der Waals surface area contributed by atoms with E-state index in [1.165, 1.54) is 25.3 Å². The van der Waals surface area contributed by atoms with E-state index in [0.717, 1.165) is 5.56 Å². The van der Waals surface area contributed by atoms with E-state index in [0.29, 0.717) is 16.9 Å². The van der Waals surface area contributed by atoms with Crippen LogP contribution in [0.3, 0.4) is 0 Å². The van der Waals surface area contributed by atoms with Crippen LogP contribution in [-0.2, 0) is 0 Å². The molecule has 0 fully saturated rings. The number of carbonyl (C=O) groups is 3. The van der Waals surface area contributed by atoms with Gasteiger partial charge in [0.2, 0.25) is 0 Å². The van der Waals surface area contributed by atoms with Crippen LogP contribution in [0.25, 0.3) is 0 Å². The van der Waals surface area contributed by atoms with Gasteiger partial charge in [-0.25, -0.2) is 0 Å². The van der Waals surface area contributed by atoms with Gasteiger partial charge < -0.3 is 10.6 Å². The lowest BCUT2D eigenvalue weighted by Crippen LogP contribution is -2.17. The first-order valence-electron chi connectivity index (χ1n) is 8.69. The fraction of sp³-hybridized carbons (Fsp3) is 0.0909. The van der Waals surface area contributed by atoms with E-state index in [2.05, 4.69) is 15.6 Å². The van der Waals surface area contributed by atoms with Crippen molar-refractivity contribution in [1.82, 2.24) is 4.98 Å². The van der Waals surface area contributed by atoms with E-state index >= 15 is 0 Å². The first-order chi connectivity index (χ1) is 13.4. The molecule has 28 heavy (non-hydrogen) atoms. The summed E-state index contributed by atoms with van der Waals surface area (Å²) in [6, 6.07) is 17.0. The van der Waals surface area contributed by atoms with Crippen LogP contribution in [0.5, 0.6) is 0 Å². The number of amides is 2. The molecule has 3 rings (SSSR count). The molecule has 0 saturated carbocycles. The van der Waals surface area contributed by atoms with Crippen LogP contribution in [0, 0.1) is 6.92 Å². The summed E-state index contributed by atoms with van der Waals surface area (Å²) in [5.41, 5.74) is 3.10. The second-order valence-corrected chi connectivity index (χ2v) is 6.34. The molecule has 1 aromatic heterocycles. The van der Waals surface area contributed by atoms with E-state index in [1.54, 1.807) is 30.3 Å². The Balaban J connectivity index is 1.75. The zero-order valence-electron chi connectivity index (χ0n) is 15.5. The van der Waals surface area contributed by atoms with Gasteiger partial charge in [-0.2, -0.15) is 0 Å². The maximum absolute atomic E-state index is 12.5. The number of aryl methyl sites for hydroxylation is 1. The van der Waals surface area contributed by atoms with Crippen molar-refractivity contribution in [2.45, 2.75) is 13.8 Å². The number of anilines is 2. The monoisotopic (exact) mass is 373 g/mol. The summed E-state index contributed by atoms with van der Waals surface area (Å²) in [5.74, 6) is -0.887. The molecule has 2 aromatic carbocycles. The van der Waals surface area contributed by atoms with Gasteiger partial charge in [0.15, 0.2) is 5.78 Å². The summed E-state index contributed by atoms with van der Waals surface area (Å²) in [6.45, 7) is 3.39. The number of nitrogens with one attached hydrogen (secondary N) is 2. The highest BCUT2D eigenvalue weighted by Gasteiger charge is 2.13. The standard InChI is InChI=1S/C22H19N3O3/c1-14-5-3-7-18(11-14)25-22(28)20-13-17(9-10-23-20)21(27)24-19-8-4-6-16(12-19)15(2)26/h3-13H,1-2H3,(H,24,27)(H,25,28). The predicted molar refractivity (Wildman–Crippen MR) is 108 cm³/mol. The highest BCUT2D eigenvalue weighted by atomic mass is 16.2. The minimum absolute atomic E-state index is 0.0879. The molecule has 0 spiro atoms. The van der Waals surface area contributed by atoms with Gasteiger partial charge >= 0.3 is 0 Å². The number of pyridine rings is 1. The molecule has 0 aliphatic heterocycles. The quantitative estimate of drug-likeness (QED) is 0.659. The Bertz CT molecular complexity index is 1060. The molecule has 0 unspecified atom stereocenters. The maximum atomic E-state index is 12.5. The minimum atomic E-state index is -0.404. The molecule has 0 aliphatic carbocycles. The molecule has 0 atom stereocenters. The van der Waals surface area contributed by atoms with Gasteiger partial charge in [0.05, 0.1) is 0 Å². The molecule has 3 aromatic rings. The Morgan fingerprint density at radius 1 is 0.786 bits per heavy atom. The smallest absolute Gasteiger partial charge is 0.274 e. The molecular weight excluding hydrogens is 354 g/mol. The molecule has 2 N–H and O–H groups in total. The van der Waals surface area contributed by atoms with E-state index in [1.807, 2.05) is 25.1 Å². The second-order valence-electron chi connectivity index (χ2n) is 6.34. The van der Waals surface area contributed by atoms with Crippen molar-refractivity contribution in [3.05, 3.63) is 89.2 Å². The fourth-order valence-electron chi connectivity index (χ4n) is 2.63. The van der Waals surface area contributed by atoms with Crippen LogP contribution in [-0.4, -0.2) is 22.6 Å². The highest BCUT2D eigenvalue weighted by Crippen LogP contribution is 2.14. The van der Waals surface area contributed by atoms with Crippen molar-refractivity contribution < 1.29 is 14.4 Å². The number of benzene rings is 2. The Labute approximate surface area is 162 Å². The summed E-state index contributed by atoms with van der Waals surface area (Å²) in [7, 11) is 0. The number of rotatable bonds is 5. The number of nitrogens with zero attached hydrogens (tertiary/aromatic N) is 1. The SMILES string of the molecule is CC(=O)c1cccc(NC(=O)c2ccnc(C(=O)Nc3cccc(C)c3)c2)c1. The molecule has 6 nitrogen and oxygen atoms in total. The topological polar surface area (TPSA) is 88.2 Å². The second kappa shape index (κ2) is 8.26. The average Bonchev–Trinajstić information content (AvgIpc) is 2.68. The molecule has 0 radical (unpaired) electrons. The van der Waals surface area contributed by atoms with Gasteiger partial charge in [-0.3, -0.25) is 19.4 Å². The molecule has 1 heterocycles. The molecule has 0 bridgehead atoms. The normalized spacial score (nSPS) is 10.2. The third kappa shape index (κ3) is 4.67.